The average molecular weight is 371 g/mol. The number of carbonyl (C=O) groups is 3. The molecule has 0 bridgehead atoms. The standard InChI is InChI=1S/C21H25NO5/c1-3-27-20(24)9-5-4-8-17(19(23)14-26-2)21(25)16-10-11-18-15(13-16)7-6-12-22-18/h6-7,10-13,17H,3-5,8-9,14H2,1-2H3. The minimum Gasteiger partial charge on any atom is -0.466 e. The third-order valence-electron chi connectivity index (χ3n) is 4.31. The summed E-state index contributed by atoms with van der Waals surface area (Å²) < 4.78 is 9.83. The fourth-order valence-corrected chi connectivity index (χ4v) is 2.96. The number of fused-ring (bicyclic) bond motifs is 1. The van der Waals surface area contributed by atoms with E-state index in [4.69, 9.17) is 9.47 Å². The van der Waals surface area contributed by atoms with Crippen molar-refractivity contribution in [2.75, 3.05) is 20.3 Å². The van der Waals surface area contributed by atoms with E-state index in [-0.39, 0.29) is 30.6 Å². The molecule has 0 N–H and O–H groups in total. The molecule has 1 heterocycles. The van der Waals surface area contributed by atoms with Gasteiger partial charge < -0.3 is 9.47 Å². The number of rotatable bonds is 11. The smallest absolute Gasteiger partial charge is 0.305 e. The summed E-state index contributed by atoms with van der Waals surface area (Å²) in [4.78, 5) is 41.0. The SMILES string of the molecule is CCOC(=O)CCCCC(C(=O)COC)C(=O)c1ccc2ncccc2c1. The molecule has 27 heavy (non-hydrogen) atoms. The maximum Gasteiger partial charge on any atom is 0.305 e. The fraction of sp³-hybridized carbons (Fsp3) is 0.429. The van der Waals surface area contributed by atoms with Crippen LogP contribution < -0.4 is 0 Å². The number of ether oxygens (including phenoxy) is 2. The van der Waals surface area contributed by atoms with E-state index in [9.17, 15) is 14.4 Å². The van der Waals surface area contributed by atoms with Crippen LogP contribution in [0.25, 0.3) is 10.9 Å². The molecule has 2 aromatic rings. The molecule has 0 aliphatic carbocycles. The first kappa shape index (κ1) is 20.7. The second-order valence-electron chi connectivity index (χ2n) is 6.28. The Kier molecular flexibility index (Phi) is 8.07. The summed E-state index contributed by atoms with van der Waals surface area (Å²) in [5.74, 6) is -1.50. The Labute approximate surface area is 158 Å². The molecule has 1 aromatic carbocycles. The Bertz CT molecular complexity index is 802. The summed E-state index contributed by atoms with van der Waals surface area (Å²) in [5, 5.41) is 0.851. The lowest BCUT2D eigenvalue weighted by atomic mass is 9.88. The van der Waals surface area contributed by atoms with E-state index in [1.807, 2.05) is 6.07 Å². The van der Waals surface area contributed by atoms with Crippen LogP contribution in [0.4, 0.5) is 0 Å². The van der Waals surface area contributed by atoms with E-state index in [1.165, 1.54) is 7.11 Å². The van der Waals surface area contributed by atoms with Crippen molar-refractivity contribution in [1.82, 2.24) is 4.98 Å². The minimum atomic E-state index is -0.777. The topological polar surface area (TPSA) is 82.6 Å². The number of benzene rings is 1. The molecule has 0 aliphatic rings. The molecule has 0 saturated heterocycles. The van der Waals surface area contributed by atoms with Crippen molar-refractivity contribution in [1.29, 1.82) is 0 Å². The lowest BCUT2D eigenvalue weighted by molar-refractivity contribution is -0.143. The van der Waals surface area contributed by atoms with E-state index >= 15 is 0 Å². The van der Waals surface area contributed by atoms with Crippen LogP contribution >= 0.6 is 0 Å². The Morgan fingerprint density at radius 1 is 1.15 bits per heavy atom. The van der Waals surface area contributed by atoms with Gasteiger partial charge in [0.1, 0.15) is 6.61 Å². The fourth-order valence-electron chi connectivity index (χ4n) is 2.96. The van der Waals surface area contributed by atoms with Gasteiger partial charge in [-0.05, 0) is 44.0 Å². The van der Waals surface area contributed by atoms with Gasteiger partial charge in [0.15, 0.2) is 11.6 Å². The molecular formula is C21H25NO5. The zero-order chi connectivity index (χ0) is 19.6. The van der Waals surface area contributed by atoms with Crippen LogP contribution in [0.2, 0.25) is 0 Å². The van der Waals surface area contributed by atoms with Gasteiger partial charge in [-0.25, -0.2) is 0 Å². The summed E-state index contributed by atoms with van der Waals surface area (Å²) in [6, 6.07) is 8.92. The van der Waals surface area contributed by atoms with Gasteiger partial charge in [-0.15, -0.1) is 0 Å². The van der Waals surface area contributed by atoms with Crippen molar-refractivity contribution < 1.29 is 23.9 Å². The Morgan fingerprint density at radius 2 is 1.96 bits per heavy atom. The number of pyridine rings is 1. The third kappa shape index (κ3) is 5.96. The molecule has 0 radical (unpaired) electrons. The molecule has 144 valence electrons. The van der Waals surface area contributed by atoms with Gasteiger partial charge in [0.05, 0.1) is 18.0 Å². The van der Waals surface area contributed by atoms with Crippen molar-refractivity contribution in [3.8, 4) is 0 Å². The van der Waals surface area contributed by atoms with Crippen LogP contribution in [0.15, 0.2) is 36.5 Å². The van der Waals surface area contributed by atoms with E-state index in [0.717, 1.165) is 10.9 Å². The third-order valence-corrected chi connectivity index (χ3v) is 4.31. The van der Waals surface area contributed by atoms with Crippen molar-refractivity contribution in [3.05, 3.63) is 42.1 Å². The normalized spacial score (nSPS) is 11.9. The number of carbonyl (C=O) groups excluding carboxylic acids is 3. The first-order valence-corrected chi connectivity index (χ1v) is 9.13. The van der Waals surface area contributed by atoms with Gasteiger partial charge in [-0.3, -0.25) is 19.4 Å². The molecular weight excluding hydrogens is 346 g/mol. The zero-order valence-corrected chi connectivity index (χ0v) is 15.8. The highest BCUT2D eigenvalue weighted by Gasteiger charge is 2.27. The second-order valence-corrected chi connectivity index (χ2v) is 6.28. The van der Waals surface area contributed by atoms with Crippen molar-refractivity contribution in [2.24, 2.45) is 5.92 Å². The van der Waals surface area contributed by atoms with Crippen molar-refractivity contribution >= 4 is 28.4 Å². The number of aromatic nitrogens is 1. The lowest BCUT2D eigenvalue weighted by Gasteiger charge is -2.15. The summed E-state index contributed by atoms with van der Waals surface area (Å²) in [5.41, 5.74) is 1.28. The molecule has 6 heteroatoms. The van der Waals surface area contributed by atoms with E-state index in [2.05, 4.69) is 4.98 Å². The molecule has 1 aromatic heterocycles. The number of ketones is 2. The largest absolute Gasteiger partial charge is 0.466 e. The summed E-state index contributed by atoms with van der Waals surface area (Å²) in [7, 11) is 1.43. The van der Waals surface area contributed by atoms with Gasteiger partial charge in [-0.2, -0.15) is 0 Å². The zero-order valence-electron chi connectivity index (χ0n) is 15.8. The lowest BCUT2D eigenvalue weighted by Crippen LogP contribution is -2.27. The van der Waals surface area contributed by atoms with Crippen molar-refractivity contribution in [2.45, 2.75) is 32.6 Å². The number of hydrogen-bond acceptors (Lipinski definition) is 6. The molecule has 0 fully saturated rings. The first-order chi connectivity index (χ1) is 13.1. The van der Waals surface area contributed by atoms with E-state index in [0.29, 0.717) is 31.4 Å². The van der Waals surface area contributed by atoms with Gasteiger partial charge in [-0.1, -0.05) is 12.5 Å². The van der Waals surface area contributed by atoms with Crippen LogP contribution in [0, 0.1) is 5.92 Å². The maximum atomic E-state index is 12.9. The molecule has 6 nitrogen and oxygen atoms in total. The van der Waals surface area contributed by atoms with Crippen LogP contribution in [-0.2, 0) is 19.1 Å². The highest BCUT2D eigenvalue weighted by atomic mass is 16.5. The van der Waals surface area contributed by atoms with Crippen LogP contribution in [0.3, 0.4) is 0 Å². The quantitative estimate of drug-likeness (QED) is 0.261. The highest BCUT2D eigenvalue weighted by Crippen LogP contribution is 2.21. The molecule has 1 atom stereocenters. The molecule has 0 amide bonds. The summed E-state index contributed by atoms with van der Waals surface area (Å²) in [6.45, 7) is 2.00. The van der Waals surface area contributed by atoms with E-state index in [1.54, 1.807) is 37.4 Å². The van der Waals surface area contributed by atoms with Gasteiger partial charge in [0.25, 0.3) is 0 Å². The maximum absolute atomic E-state index is 12.9. The average Bonchev–Trinajstić information content (AvgIpc) is 2.67. The second kappa shape index (κ2) is 10.5. The number of unbranched alkanes of at least 4 members (excludes halogenated alkanes) is 1. The number of nitrogens with zero attached hydrogens (tertiary/aromatic N) is 1. The predicted molar refractivity (Wildman–Crippen MR) is 102 cm³/mol. The Hall–Kier alpha value is -2.60. The van der Waals surface area contributed by atoms with Gasteiger partial charge in [0, 0.05) is 30.7 Å². The number of methoxy groups -OCH3 is 1. The van der Waals surface area contributed by atoms with Gasteiger partial charge >= 0.3 is 5.97 Å². The Balaban J connectivity index is 2.08. The van der Waals surface area contributed by atoms with E-state index < -0.39 is 5.92 Å². The molecule has 2 rings (SSSR count). The summed E-state index contributed by atoms with van der Waals surface area (Å²) in [6.07, 6.45) is 3.52. The number of esters is 1. The minimum absolute atomic E-state index is 0.108. The summed E-state index contributed by atoms with van der Waals surface area (Å²) >= 11 is 0. The molecule has 0 spiro atoms. The number of hydrogen-bond donors (Lipinski definition) is 0. The number of Topliss-reactive ketones (excluding diaryl/α,β-unsaturated/α-hetero) is 2. The first-order valence-electron chi connectivity index (χ1n) is 9.13. The van der Waals surface area contributed by atoms with Gasteiger partial charge in [0.2, 0.25) is 0 Å². The van der Waals surface area contributed by atoms with Crippen molar-refractivity contribution in [3.63, 3.8) is 0 Å². The molecule has 0 aliphatic heterocycles. The van der Waals surface area contributed by atoms with Crippen LogP contribution in [0.1, 0.15) is 43.0 Å². The highest BCUT2D eigenvalue weighted by molar-refractivity contribution is 6.12. The van der Waals surface area contributed by atoms with Crippen LogP contribution in [0.5, 0.6) is 0 Å². The molecule has 1 unspecified atom stereocenters. The van der Waals surface area contributed by atoms with Crippen LogP contribution in [-0.4, -0.2) is 42.8 Å². The molecule has 0 saturated carbocycles. The predicted octanol–water partition coefficient (Wildman–Crippen LogP) is 3.37. The monoisotopic (exact) mass is 371 g/mol. The Morgan fingerprint density at radius 3 is 2.70 bits per heavy atom.